The van der Waals surface area contributed by atoms with E-state index in [4.69, 9.17) is 5.73 Å². The van der Waals surface area contributed by atoms with Gasteiger partial charge in [0.2, 0.25) is 0 Å². The van der Waals surface area contributed by atoms with Crippen molar-refractivity contribution in [2.24, 2.45) is 0 Å². The van der Waals surface area contributed by atoms with Crippen LogP contribution in [0.4, 0.5) is 5.82 Å². The first-order valence-electron chi connectivity index (χ1n) is 6.56. The molecule has 0 aliphatic heterocycles. The van der Waals surface area contributed by atoms with Gasteiger partial charge in [0, 0.05) is 23.1 Å². The van der Waals surface area contributed by atoms with Crippen LogP contribution in [-0.2, 0) is 0 Å². The first kappa shape index (κ1) is 12.5. The van der Waals surface area contributed by atoms with Gasteiger partial charge in [-0.15, -0.1) is 0 Å². The molecule has 1 saturated carbocycles. The van der Waals surface area contributed by atoms with Crippen molar-refractivity contribution in [2.75, 3.05) is 12.0 Å². The Labute approximate surface area is 117 Å². The number of rotatable bonds is 3. The van der Waals surface area contributed by atoms with E-state index >= 15 is 0 Å². The molecule has 0 bridgehead atoms. The van der Waals surface area contributed by atoms with Crippen LogP contribution in [0.5, 0.6) is 0 Å². The second-order valence-corrected chi connectivity index (χ2v) is 6.00. The van der Waals surface area contributed by atoms with Gasteiger partial charge in [0.25, 0.3) is 0 Å². The molecule has 100 valence electrons. The molecular weight excluding hydrogens is 256 g/mol. The summed E-state index contributed by atoms with van der Waals surface area (Å²) in [7, 11) is 0. The average molecular weight is 274 g/mol. The summed E-state index contributed by atoms with van der Waals surface area (Å²) in [5.74, 6) is 0.554. The molecule has 2 N–H and O–H groups in total. The lowest BCUT2D eigenvalue weighted by Crippen LogP contribution is -2.15. The van der Waals surface area contributed by atoms with Crippen molar-refractivity contribution in [2.45, 2.75) is 30.6 Å². The number of pyridine rings is 1. The second-order valence-electron chi connectivity index (χ2n) is 4.93. The maximum atomic E-state index is 5.78. The van der Waals surface area contributed by atoms with Gasteiger partial charge in [-0.2, -0.15) is 11.8 Å². The number of nitrogens with two attached hydrogens (primary N) is 1. The summed E-state index contributed by atoms with van der Waals surface area (Å²) in [6, 6.07) is 4.45. The summed E-state index contributed by atoms with van der Waals surface area (Å²) in [6.45, 7) is 0. The Balaban J connectivity index is 1.98. The molecule has 19 heavy (non-hydrogen) atoms. The topological polar surface area (TPSA) is 56.7 Å². The summed E-state index contributed by atoms with van der Waals surface area (Å²) in [6.07, 6.45) is 11.6. The SMILES string of the molecule is CSC1CCCC1n1cncc1-c1ccnc(N)c1. The monoisotopic (exact) mass is 274 g/mol. The minimum atomic E-state index is 0.543. The van der Waals surface area contributed by atoms with Crippen molar-refractivity contribution < 1.29 is 0 Å². The highest BCUT2D eigenvalue weighted by atomic mass is 32.2. The van der Waals surface area contributed by atoms with Crippen LogP contribution in [0, 0.1) is 0 Å². The molecule has 2 atom stereocenters. The zero-order valence-corrected chi connectivity index (χ0v) is 11.8. The molecule has 4 nitrogen and oxygen atoms in total. The van der Waals surface area contributed by atoms with E-state index in [-0.39, 0.29) is 0 Å². The Kier molecular flexibility index (Phi) is 3.46. The van der Waals surface area contributed by atoms with E-state index in [0.717, 1.165) is 11.3 Å². The minimum absolute atomic E-state index is 0.543. The lowest BCUT2D eigenvalue weighted by atomic mass is 10.1. The van der Waals surface area contributed by atoms with E-state index in [1.807, 2.05) is 36.4 Å². The van der Waals surface area contributed by atoms with Crippen molar-refractivity contribution in [3.63, 3.8) is 0 Å². The zero-order chi connectivity index (χ0) is 13.2. The third-order valence-corrected chi connectivity index (χ3v) is 4.98. The third kappa shape index (κ3) is 2.34. The zero-order valence-electron chi connectivity index (χ0n) is 11.0. The van der Waals surface area contributed by atoms with Gasteiger partial charge in [0.1, 0.15) is 5.82 Å². The molecule has 1 aliphatic rings. The minimum Gasteiger partial charge on any atom is -0.384 e. The Morgan fingerprint density at radius 2 is 2.32 bits per heavy atom. The van der Waals surface area contributed by atoms with Gasteiger partial charge in [0.15, 0.2) is 0 Å². The second kappa shape index (κ2) is 5.25. The van der Waals surface area contributed by atoms with E-state index in [9.17, 15) is 0 Å². The van der Waals surface area contributed by atoms with Crippen molar-refractivity contribution in [3.05, 3.63) is 30.9 Å². The van der Waals surface area contributed by atoms with Crippen molar-refractivity contribution in [1.82, 2.24) is 14.5 Å². The molecule has 0 saturated heterocycles. The number of thioether (sulfide) groups is 1. The summed E-state index contributed by atoms with van der Waals surface area (Å²) in [5, 5.41) is 0.687. The van der Waals surface area contributed by atoms with Crippen LogP contribution in [-0.4, -0.2) is 26.0 Å². The number of imidazole rings is 1. The maximum absolute atomic E-state index is 5.78. The van der Waals surface area contributed by atoms with Gasteiger partial charge in [-0.05, 0) is 31.2 Å². The standard InChI is InChI=1S/C14H18N4S/c1-19-13-4-2-3-11(13)18-9-16-8-12(18)10-5-6-17-14(15)7-10/h5-9,11,13H,2-4H2,1H3,(H2,15,17). The fourth-order valence-corrected chi connectivity index (χ4v) is 3.88. The van der Waals surface area contributed by atoms with E-state index in [0.29, 0.717) is 17.1 Å². The molecule has 0 radical (unpaired) electrons. The molecular formula is C14H18N4S. The van der Waals surface area contributed by atoms with E-state index in [1.165, 1.54) is 19.3 Å². The van der Waals surface area contributed by atoms with Crippen LogP contribution in [0.2, 0.25) is 0 Å². The molecule has 1 aliphatic carbocycles. The van der Waals surface area contributed by atoms with E-state index in [2.05, 4.69) is 20.8 Å². The molecule has 2 aromatic heterocycles. The summed E-state index contributed by atoms with van der Waals surface area (Å²) < 4.78 is 2.31. The van der Waals surface area contributed by atoms with Crippen molar-refractivity contribution in [3.8, 4) is 11.3 Å². The van der Waals surface area contributed by atoms with Crippen LogP contribution >= 0.6 is 11.8 Å². The highest BCUT2D eigenvalue weighted by Gasteiger charge is 2.29. The Hall–Kier alpha value is -1.49. The van der Waals surface area contributed by atoms with E-state index in [1.54, 1.807) is 6.20 Å². The molecule has 0 aromatic carbocycles. The van der Waals surface area contributed by atoms with Gasteiger partial charge in [-0.1, -0.05) is 6.42 Å². The molecule has 1 fully saturated rings. The number of aromatic nitrogens is 3. The van der Waals surface area contributed by atoms with Gasteiger partial charge in [-0.3, -0.25) is 0 Å². The lowest BCUT2D eigenvalue weighted by Gasteiger charge is -2.21. The van der Waals surface area contributed by atoms with Crippen LogP contribution in [0.1, 0.15) is 25.3 Å². The highest BCUT2D eigenvalue weighted by Crippen LogP contribution is 2.39. The lowest BCUT2D eigenvalue weighted by molar-refractivity contribution is 0.533. The number of hydrogen-bond donors (Lipinski definition) is 1. The Morgan fingerprint density at radius 3 is 3.11 bits per heavy atom. The molecule has 2 unspecified atom stereocenters. The Bertz CT molecular complexity index is 566. The number of hydrogen-bond acceptors (Lipinski definition) is 4. The van der Waals surface area contributed by atoms with Gasteiger partial charge >= 0.3 is 0 Å². The Morgan fingerprint density at radius 1 is 1.42 bits per heavy atom. The van der Waals surface area contributed by atoms with E-state index < -0.39 is 0 Å². The smallest absolute Gasteiger partial charge is 0.123 e. The van der Waals surface area contributed by atoms with Crippen LogP contribution in [0.25, 0.3) is 11.3 Å². The molecule has 0 spiro atoms. The quantitative estimate of drug-likeness (QED) is 0.935. The summed E-state index contributed by atoms with van der Waals surface area (Å²) >= 11 is 1.96. The summed E-state index contributed by atoms with van der Waals surface area (Å²) in [5.41, 5.74) is 8.01. The normalized spacial score (nSPS) is 22.8. The molecule has 5 heteroatoms. The number of nitrogens with zero attached hydrogens (tertiary/aromatic N) is 3. The van der Waals surface area contributed by atoms with Crippen molar-refractivity contribution >= 4 is 17.6 Å². The highest BCUT2D eigenvalue weighted by molar-refractivity contribution is 7.99. The van der Waals surface area contributed by atoms with Crippen LogP contribution in [0.15, 0.2) is 30.9 Å². The molecule has 0 amide bonds. The fraction of sp³-hybridized carbons (Fsp3) is 0.429. The van der Waals surface area contributed by atoms with Gasteiger partial charge in [-0.25, -0.2) is 9.97 Å². The molecule has 3 rings (SSSR count). The third-order valence-electron chi connectivity index (χ3n) is 3.82. The first-order valence-corrected chi connectivity index (χ1v) is 7.85. The number of anilines is 1. The van der Waals surface area contributed by atoms with Crippen molar-refractivity contribution in [1.29, 1.82) is 0 Å². The molecule has 2 aromatic rings. The van der Waals surface area contributed by atoms with Gasteiger partial charge < -0.3 is 10.3 Å². The number of nitrogen functional groups attached to an aromatic ring is 1. The predicted molar refractivity (Wildman–Crippen MR) is 80.1 cm³/mol. The summed E-state index contributed by atoms with van der Waals surface area (Å²) in [4.78, 5) is 8.39. The van der Waals surface area contributed by atoms with Crippen LogP contribution < -0.4 is 5.73 Å². The predicted octanol–water partition coefficient (Wildman–Crippen LogP) is 2.98. The first-order chi connectivity index (χ1) is 9.29. The average Bonchev–Trinajstić information content (AvgIpc) is 3.06. The maximum Gasteiger partial charge on any atom is 0.123 e. The van der Waals surface area contributed by atoms with Crippen LogP contribution in [0.3, 0.4) is 0 Å². The fourth-order valence-electron chi connectivity index (χ4n) is 2.90. The van der Waals surface area contributed by atoms with Gasteiger partial charge in [0.05, 0.1) is 18.2 Å². The largest absolute Gasteiger partial charge is 0.384 e. The molecule has 2 heterocycles.